The molecule has 1 heterocycles. The molecule has 0 radical (unpaired) electrons. The molecule has 3 nitrogen and oxygen atoms in total. The normalized spacial score (nSPS) is 10.2. The van der Waals surface area contributed by atoms with Crippen molar-refractivity contribution in [1.82, 2.24) is 4.98 Å². The zero-order valence-electron chi connectivity index (χ0n) is 11.0. The summed E-state index contributed by atoms with van der Waals surface area (Å²) in [4.78, 5) is 4.38. The van der Waals surface area contributed by atoms with Crippen molar-refractivity contribution in [2.45, 2.75) is 13.8 Å². The van der Waals surface area contributed by atoms with E-state index in [0.717, 1.165) is 28.9 Å². The van der Waals surface area contributed by atoms with Gasteiger partial charge in [-0.15, -0.1) is 0 Å². The van der Waals surface area contributed by atoms with E-state index in [1.165, 1.54) is 5.57 Å². The predicted molar refractivity (Wildman–Crippen MR) is 76.2 cm³/mol. The number of nitrogens with zero attached hydrogens (tertiary/aromatic N) is 1. The van der Waals surface area contributed by atoms with Crippen molar-refractivity contribution in [3.05, 3.63) is 42.1 Å². The minimum Gasteiger partial charge on any atom is -0.496 e. The van der Waals surface area contributed by atoms with E-state index in [9.17, 15) is 0 Å². The first kappa shape index (κ1) is 12.4. The molecule has 1 N–H and O–H groups in total. The van der Waals surface area contributed by atoms with Gasteiger partial charge in [-0.3, -0.25) is 0 Å². The molecule has 0 atom stereocenters. The summed E-state index contributed by atoms with van der Waals surface area (Å²) in [7, 11) is 1.69. The maximum atomic E-state index is 5.36. The Kier molecular flexibility index (Phi) is 3.82. The molecule has 3 heteroatoms. The van der Waals surface area contributed by atoms with E-state index in [-0.39, 0.29) is 0 Å². The Labute approximate surface area is 107 Å². The minimum atomic E-state index is 0.783. The lowest BCUT2D eigenvalue weighted by Crippen LogP contribution is -2.01. The molecule has 0 aliphatic rings. The van der Waals surface area contributed by atoms with Gasteiger partial charge in [0.05, 0.1) is 7.11 Å². The number of rotatable bonds is 4. The summed E-state index contributed by atoms with van der Waals surface area (Å²) in [5.41, 5.74) is 1.29. The second kappa shape index (κ2) is 5.54. The van der Waals surface area contributed by atoms with Crippen LogP contribution in [0.25, 0.3) is 10.8 Å². The average molecular weight is 242 g/mol. The standard InChI is InChI=1S/C15H18N2O/c1-11(2)7-9-16-15-13-5-4-6-14(18-3)12(13)8-10-17-15/h4-8,10H,9H2,1-3H3,(H,16,17). The van der Waals surface area contributed by atoms with Gasteiger partial charge in [0.2, 0.25) is 0 Å². The molecule has 1 aromatic carbocycles. The van der Waals surface area contributed by atoms with E-state index in [2.05, 4.69) is 36.3 Å². The van der Waals surface area contributed by atoms with Crippen molar-refractivity contribution < 1.29 is 4.74 Å². The van der Waals surface area contributed by atoms with Crippen LogP contribution in [-0.4, -0.2) is 18.6 Å². The number of pyridine rings is 1. The molecule has 18 heavy (non-hydrogen) atoms. The molecule has 0 aliphatic carbocycles. The Morgan fingerprint density at radius 2 is 2.11 bits per heavy atom. The highest BCUT2D eigenvalue weighted by Crippen LogP contribution is 2.28. The summed E-state index contributed by atoms with van der Waals surface area (Å²) in [5.74, 6) is 1.77. The molecule has 0 fully saturated rings. The van der Waals surface area contributed by atoms with Crippen molar-refractivity contribution in [1.29, 1.82) is 0 Å². The summed E-state index contributed by atoms with van der Waals surface area (Å²) in [6, 6.07) is 7.97. The number of nitrogens with one attached hydrogen (secondary N) is 1. The molecule has 0 bridgehead atoms. The molecule has 0 amide bonds. The Morgan fingerprint density at radius 3 is 2.83 bits per heavy atom. The van der Waals surface area contributed by atoms with Crippen LogP contribution in [0.4, 0.5) is 5.82 Å². The SMILES string of the molecule is COc1cccc2c(NCC=C(C)C)nccc12. The van der Waals surface area contributed by atoms with E-state index in [1.54, 1.807) is 13.3 Å². The van der Waals surface area contributed by atoms with Gasteiger partial charge in [-0.25, -0.2) is 4.98 Å². The summed E-state index contributed by atoms with van der Waals surface area (Å²) >= 11 is 0. The molecule has 0 unspecified atom stereocenters. The number of aromatic nitrogens is 1. The molecular formula is C15H18N2O. The number of anilines is 1. The van der Waals surface area contributed by atoms with Crippen LogP contribution in [0.2, 0.25) is 0 Å². The highest BCUT2D eigenvalue weighted by Gasteiger charge is 2.05. The van der Waals surface area contributed by atoms with Gasteiger partial charge in [0.15, 0.2) is 0 Å². The van der Waals surface area contributed by atoms with Crippen LogP contribution in [0.15, 0.2) is 42.1 Å². The van der Waals surface area contributed by atoms with Crippen molar-refractivity contribution in [2.75, 3.05) is 19.0 Å². The molecule has 0 aliphatic heterocycles. The third kappa shape index (κ3) is 2.62. The van der Waals surface area contributed by atoms with Crippen LogP contribution in [0.5, 0.6) is 5.75 Å². The monoisotopic (exact) mass is 242 g/mol. The fourth-order valence-corrected chi connectivity index (χ4v) is 1.85. The van der Waals surface area contributed by atoms with Gasteiger partial charge < -0.3 is 10.1 Å². The number of allylic oxidation sites excluding steroid dienone is 1. The fourth-order valence-electron chi connectivity index (χ4n) is 1.85. The summed E-state index contributed by atoms with van der Waals surface area (Å²) in [6.45, 7) is 4.95. The van der Waals surface area contributed by atoms with Gasteiger partial charge in [0, 0.05) is 23.5 Å². The largest absolute Gasteiger partial charge is 0.496 e. The lowest BCUT2D eigenvalue weighted by molar-refractivity contribution is 0.420. The lowest BCUT2D eigenvalue weighted by Gasteiger charge is -2.09. The van der Waals surface area contributed by atoms with Crippen LogP contribution >= 0.6 is 0 Å². The van der Waals surface area contributed by atoms with Gasteiger partial charge in [-0.2, -0.15) is 0 Å². The van der Waals surface area contributed by atoms with Crippen molar-refractivity contribution in [2.24, 2.45) is 0 Å². The molecule has 0 saturated heterocycles. The average Bonchev–Trinajstić information content (AvgIpc) is 2.38. The number of hydrogen-bond acceptors (Lipinski definition) is 3. The van der Waals surface area contributed by atoms with Crippen LogP contribution in [-0.2, 0) is 0 Å². The first-order valence-corrected chi connectivity index (χ1v) is 6.01. The Balaban J connectivity index is 2.36. The van der Waals surface area contributed by atoms with Crippen LogP contribution in [0.3, 0.4) is 0 Å². The van der Waals surface area contributed by atoms with Crippen molar-refractivity contribution in [3.63, 3.8) is 0 Å². The second-order valence-corrected chi connectivity index (χ2v) is 4.38. The fraction of sp³-hybridized carbons (Fsp3) is 0.267. The van der Waals surface area contributed by atoms with E-state index >= 15 is 0 Å². The van der Waals surface area contributed by atoms with Gasteiger partial charge >= 0.3 is 0 Å². The highest BCUT2D eigenvalue weighted by molar-refractivity contribution is 5.95. The molecule has 0 saturated carbocycles. The van der Waals surface area contributed by atoms with Crippen LogP contribution < -0.4 is 10.1 Å². The third-order valence-corrected chi connectivity index (χ3v) is 2.77. The molecule has 2 aromatic rings. The van der Waals surface area contributed by atoms with E-state index in [4.69, 9.17) is 4.74 Å². The molecule has 94 valence electrons. The first-order valence-electron chi connectivity index (χ1n) is 6.01. The smallest absolute Gasteiger partial charge is 0.134 e. The number of hydrogen-bond donors (Lipinski definition) is 1. The molecule has 2 rings (SSSR count). The Bertz CT molecular complexity index is 572. The van der Waals surface area contributed by atoms with Crippen LogP contribution in [0, 0.1) is 0 Å². The lowest BCUT2D eigenvalue weighted by atomic mass is 10.1. The van der Waals surface area contributed by atoms with E-state index < -0.39 is 0 Å². The summed E-state index contributed by atoms with van der Waals surface area (Å²) in [6.07, 6.45) is 3.94. The third-order valence-electron chi connectivity index (χ3n) is 2.77. The summed E-state index contributed by atoms with van der Waals surface area (Å²) < 4.78 is 5.36. The first-order chi connectivity index (χ1) is 8.72. The Morgan fingerprint density at radius 1 is 1.28 bits per heavy atom. The topological polar surface area (TPSA) is 34.1 Å². The zero-order valence-corrected chi connectivity index (χ0v) is 11.0. The number of ether oxygens (including phenoxy) is 1. The minimum absolute atomic E-state index is 0.783. The van der Waals surface area contributed by atoms with Crippen molar-refractivity contribution >= 4 is 16.6 Å². The van der Waals surface area contributed by atoms with E-state index in [0.29, 0.717) is 0 Å². The summed E-state index contributed by atoms with van der Waals surface area (Å²) in [5, 5.41) is 5.49. The van der Waals surface area contributed by atoms with Gasteiger partial charge in [-0.1, -0.05) is 23.8 Å². The number of fused-ring (bicyclic) bond motifs is 1. The van der Waals surface area contributed by atoms with Crippen LogP contribution in [0.1, 0.15) is 13.8 Å². The second-order valence-electron chi connectivity index (χ2n) is 4.38. The number of benzene rings is 1. The van der Waals surface area contributed by atoms with Gasteiger partial charge in [-0.05, 0) is 26.0 Å². The Hall–Kier alpha value is -2.03. The maximum absolute atomic E-state index is 5.36. The van der Waals surface area contributed by atoms with Crippen molar-refractivity contribution in [3.8, 4) is 5.75 Å². The quantitative estimate of drug-likeness (QED) is 0.831. The molecule has 1 aromatic heterocycles. The highest BCUT2D eigenvalue weighted by atomic mass is 16.5. The van der Waals surface area contributed by atoms with Gasteiger partial charge in [0.25, 0.3) is 0 Å². The predicted octanol–water partition coefficient (Wildman–Crippen LogP) is 3.62. The van der Waals surface area contributed by atoms with E-state index in [1.807, 2.05) is 18.2 Å². The number of methoxy groups -OCH3 is 1. The molecular weight excluding hydrogens is 224 g/mol. The zero-order chi connectivity index (χ0) is 13.0. The molecule has 0 spiro atoms. The maximum Gasteiger partial charge on any atom is 0.134 e. The van der Waals surface area contributed by atoms with Gasteiger partial charge in [0.1, 0.15) is 11.6 Å².